The maximum Gasteiger partial charge on any atom is 0.263 e. The molecule has 2 aliphatic carbocycles. The predicted octanol–water partition coefficient (Wildman–Crippen LogP) is 0.567. The fourth-order valence-electron chi connectivity index (χ4n) is 1.24. The van der Waals surface area contributed by atoms with Crippen LogP contribution in [0, 0.1) is 15.5 Å². The monoisotopic (exact) mass is 224 g/mol. The largest absolute Gasteiger partial charge is 0.368 e. The predicted molar refractivity (Wildman–Crippen MR) is 56.7 cm³/mol. The van der Waals surface area contributed by atoms with Crippen LogP contribution in [0.25, 0.3) is 0 Å². The van der Waals surface area contributed by atoms with Crippen LogP contribution in [-0.4, -0.2) is 28.2 Å². The topological polar surface area (TPSA) is 116 Å². The Balaban J connectivity index is 0.000000187. The third-order valence-corrected chi connectivity index (χ3v) is 2.10. The van der Waals surface area contributed by atoms with Gasteiger partial charge in [-0.1, -0.05) is 18.2 Å². The van der Waals surface area contributed by atoms with E-state index in [9.17, 15) is 10.1 Å². The Kier molecular flexibility index (Phi) is 3.41. The molecule has 0 spiro atoms. The molecule has 16 heavy (non-hydrogen) atoms. The molecule has 7 heteroatoms. The van der Waals surface area contributed by atoms with Crippen LogP contribution in [-0.2, 0) is 0 Å². The van der Waals surface area contributed by atoms with Gasteiger partial charge >= 0.3 is 0 Å². The second-order valence-electron chi connectivity index (χ2n) is 3.27. The molecule has 0 amide bonds. The van der Waals surface area contributed by atoms with Crippen molar-refractivity contribution in [1.29, 1.82) is 5.41 Å². The van der Waals surface area contributed by atoms with Gasteiger partial charge in [-0.15, -0.1) is 0 Å². The van der Waals surface area contributed by atoms with E-state index in [4.69, 9.17) is 16.4 Å². The van der Waals surface area contributed by atoms with Crippen LogP contribution in [0.4, 0.5) is 0 Å². The van der Waals surface area contributed by atoms with Crippen molar-refractivity contribution in [2.24, 2.45) is 5.73 Å². The average molecular weight is 224 g/mol. The minimum absolute atomic E-state index is 0.259. The Hall–Kier alpha value is -2.15. The van der Waals surface area contributed by atoms with Gasteiger partial charge in [-0.25, -0.2) is 5.06 Å². The van der Waals surface area contributed by atoms with Gasteiger partial charge in [0.05, 0.1) is 0 Å². The summed E-state index contributed by atoms with van der Waals surface area (Å²) in [5.41, 5.74) is 6.34. The molecule has 2 bridgehead atoms. The van der Waals surface area contributed by atoms with E-state index in [1.807, 2.05) is 12.1 Å². The van der Waals surface area contributed by atoms with Crippen LogP contribution in [0.2, 0.25) is 0 Å². The Morgan fingerprint density at radius 1 is 1.62 bits per heavy atom. The lowest BCUT2D eigenvalue weighted by Gasteiger charge is -2.18. The van der Waals surface area contributed by atoms with Gasteiger partial charge in [0.1, 0.15) is 0 Å². The molecule has 0 atom stereocenters. The first kappa shape index (κ1) is 11.9. The molecule has 0 unspecified atom stereocenters. The summed E-state index contributed by atoms with van der Waals surface area (Å²) in [5.74, 6) is -0.352. The number of benzene rings is 1. The van der Waals surface area contributed by atoms with E-state index in [1.54, 1.807) is 12.1 Å². The number of nitro groups is 1. The Morgan fingerprint density at radius 2 is 2.06 bits per heavy atom. The van der Waals surface area contributed by atoms with Crippen LogP contribution in [0.15, 0.2) is 24.3 Å². The maximum atomic E-state index is 10.3. The van der Waals surface area contributed by atoms with Crippen molar-refractivity contribution in [3.05, 3.63) is 45.5 Å². The third kappa shape index (κ3) is 2.45. The van der Waals surface area contributed by atoms with Crippen molar-refractivity contribution in [3.8, 4) is 0 Å². The van der Waals surface area contributed by atoms with E-state index in [0.717, 1.165) is 11.1 Å². The van der Waals surface area contributed by atoms with E-state index < -0.39 is 6.04 Å². The molecule has 7 nitrogen and oxygen atoms in total. The highest BCUT2D eigenvalue weighted by Crippen LogP contribution is 2.34. The molecule has 3 rings (SSSR count). The zero-order chi connectivity index (χ0) is 12.3. The quantitative estimate of drug-likeness (QED) is 0.279. The van der Waals surface area contributed by atoms with Crippen LogP contribution in [0.1, 0.15) is 17.2 Å². The Morgan fingerprint density at radius 3 is 2.25 bits per heavy atom. The molecule has 0 saturated carbocycles. The minimum atomic E-state index is -0.523. The summed E-state index contributed by atoms with van der Waals surface area (Å²) in [5, 5.41) is 25.3. The zero-order valence-electron chi connectivity index (χ0n) is 8.62. The first-order chi connectivity index (χ1) is 7.43. The van der Waals surface area contributed by atoms with Gasteiger partial charge in [-0.2, -0.15) is 0 Å². The van der Waals surface area contributed by atoms with Crippen molar-refractivity contribution in [1.82, 2.24) is 5.06 Å². The minimum Gasteiger partial charge on any atom is -0.368 e. The third-order valence-electron chi connectivity index (χ3n) is 2.10. The van der Waals surface area contributed by atoms with E-state index in [2.05, 4.69) is 0 Å². The Bertz CT molecular complexity index is 392. The standard InChI is InChI=1S/C7H5NO2.C2H7N3O/c9-8(10)7-5-2-1-3-6(7)4-5;1-5(6)2(3)4/h1-4,7H;6H,1H3,(H3,3,4). The molecule has 1 aromatic rings. The summed E-state index contributed by atoms with van der Waals surface area (Å²) >= 11 is 0. The van der Waals surface area contributed by atoms with Gasteiger partial charge in [0.15, 0.2) is 0 Å². The second kappa shape index (κ2) is 4.58. The number of guanidine groups is 1. The van der Waals surface area contributed by atoms with E-state index in [-0.39, 0.29) is 10.9 Å². The molecule has 0 saturated heterocycles. The number of hydrogen-bond acceptors (Lipinski definition) is 4. The number of hydrogen-bond donors (Lipinski definition) is 3. The lowest BCUT2D eigenvalue weighted by Crippen LogP contribution is -2.29. The summed E-state index contributed by atoms with van der Waals surface area (Å²) < 4.78 is 0. The molecule has 86 valence electrons. The van der Waals surface area contributed by atoms with E-state index in [0.29, 0.717) is 5.06 Å². The lowest BCUT2D eigenvalue weighted by molar-refractivity contribution is -0.520. The van der Waals surface area contributed by atoms with Crippen molar-refractivity contribution in [2.45, 2.75) is 6.04 Å². The highest BCUT2D eigenvalue weighted by Gasteiger charge is 2.33. The highest BCUT2D eigenvalue weighted by molar-refractivity contribution is 5.72. The maximum absolute atomic E-state index is 10.3. The van der Waals surface area contributed by atoms with Crippen molar-refractivity contribution < 1.29 is 10.1 Å². The van der Waals surface area contributed by atoms with Crippen LogP contribution < -0.4 is 5.73 Å². The fourth-order valence-corrected chi connectivity index (χ4v) is 1.24. The smallest absolute Gasteiger partial charge is 0.263 e. The number of nitrogens with zero attached hydrogens (tertiary/aromatic N) is 2. The van der Waals surface area contributed by atoms with E-state index in [1.165, 1.54) is 7.05 Å². The molecule has 2 aliphatic rings. The fraction of sp³-hybridized carbons (Fsp3) is 0.222. The van der Waals surface area contributed by atoms with Crippen LogP contribution >= 0.6 is 0 Å². The molecule has 0 fully saturated rings. The number of hydroxylamine groups is 2. The van der Waals surface area contributed by atoms with Gasteiger partial charge in [0.2, 0.25) is 5.96 Å². The van der Waals surface area contributed by atoms with Gasteiger partial charge < -0.3 is 5.73 Å². The molecular weight excluding hydrogens is 212 g/mol. The molecular formula is C9H12N4O3. The van der Waals surface area contributed by atoms with Gasteiger partial charge in [0.25, 0.3) is 6.04 Å². The average Bonchev–Trinajstić information content (AvgIpc) is 2.18. The van der Waals surface area contributed by atoms with Crippen LogP contribution in [0.5, 0.6) is 0 Å². The zero-order valence-corrected chi connectivity index (χ0v) is 8.62. The van der Waals surface area contributed by atoms with Crippen molar-refractivity contribution in [3.63, 3.8) is 0 Å². The normalized spacial score (nSPS) is 11.9. The SMILES string of the molecule is CN(O)C(=N)N.O=[N+]([O-])C1c2cccc1c2. The summed E-state index contributed by atoms with van der Waals surface area (Å²) in [6, 6.07) is 6.71. The number of nitrogens with two attached hydrogens (primary N) is 1. The highest BCUT2D eigenvalue weighted by atomic mass is 16.6. The second-order valence-corrected chi connectivity index (χ2v) is 3.27. The van der Waals surface area contributed by atoms with Crippen molar-refractivity contribution >= 4 is 5.96 Å². The molecule has 1 aromatic carbocycles. The molecule has 0 aliphatic heterocycles. The van der Waals surface area contributed by atoms with Crippen molar-refractivity contribution in [2.75, 3.05) is 7.05 Å². The summed E-state index contributed by atoms with van der Waals surface area (Å²) in [4.78, 5) is 10.0. The van der Waals surface area contributed by atoms with Gasteiger partial charge in [0, 0.05) is 23.1 Å². The first-order valence-corrected chi connectivity index (χ1v) is 4.43. The lowest BCUT2D eigenvalue weighted by atomic mass is 9.88. The first-order valence-electron chi connectivity index (χ1n) is 4.43. The van der Waals surface area contributed by atoms with Gasteiger partial charge in [-0.3, -0.25) is 20.7 Å². The van der Waals surface area contributed by atoms with Crippen LogP contribution in [0.3, 0.4) is 0 Å². The molecule has 0 heterocycles. The summed E-state index contributed by atoms with van der Waals surface area (Å²) in [6.45, 7) is 0. The van der Waals surface area contributed by atoms with Gasteiger partial charge in [-0.05, 0) is 6.07 Å². The summed E-state index contributed by atoms with van der Waals surface area (Å²) in [7, 11) is 1.28. The molecule has 0 radical (unpaired) electrons. The number of rotatable bonds is 1. The number of fused-ring (bicyclic) bond motifs is 2. The number of nitrogens with one attached hydrogen (secondary N) is 1. The molecule has 4 N–H and O–H groups in total. The Labute approximate surface area is 91.7 Å². The summed E-state index contributed by atoms with van der Waals surface area (Å²) in [6.07, 6.45) is 0. The molecule has 0 aromatic heterocycles. The van der Waals surface area contributed by atoms with E-state index >= 15 is 0 Å².